The number of rotatable bonds is 3. The maximum Gasteiger partial charge on any atom is 0.293 e. The fourth-order valence-corrected chi connectivity index (χ4v) is 1.90. The standard InChI is InChI=1S/C9H12N2O4S/c1-6-4-5-8(11(12)13)9(7(6)2)10-16(3,14)15/h4-5,10H,1-3H3. The topological polar surface area (TPSA) is 89.3 Å². The van der Waals surface area contributed by atoms with Crippen molar-refractivity contribution in [3.8, 4) is 0 Å². The summed E-state index contributed by atoms with van der Waals surface area (Å²) in [4.78, 5) is 10.1. The Morgan fingerprint density at radius 2 is 1.88 bits per heavy atom. The molecule has 0 heterocycles. The van der Waals surface area contributed by atoms with Crippen molar-refractivity contribution < 1.29 is 13.3 Å². The number of nitro groups is 1. The summed E-state index contributed by atoms with van der Waals surface area (Å²) in [6, 6.07) is 2.87. The number of sulfonamides is 1. The first-order valence-electron chi connectivity index (χ1n) is 4.45. The first kappa shape index (κ1) is 12.4. The molecule has 1 N–H and O–H groups in total. The molecule has 0 aliphatic carbocycles. The van der Waals surface area contributed by atoms with Crippen LogP contribution in [0.1, 0.15) is 11.1 Å². The molecule has 0 atom stereocenters. The Hall–Kier alpha value is -1.63. The van der Waals surface area contributed by atoms with Gasteiger partial charge in [0.05, 0.1) is 11.2 Å². The van der Waals surface area contributed by atoms with Gasteiger partial charge in [0.15, 0.2) is 0 Å². The van der Waals surface area contributed by atoms with E-state index in [4.69, 9.17) is 0 Å². The summed E-state index contributed by atoms with van der Waals surface area (Å²) < 4.78 is 24.4. The number of hydrogen-bond donors (Lipinski definition) is 1. The molecule has 1 aromatic rings. The van der Waals surface area contributed by atoms with Gasteiger partial charge in [0.25, 0.3) is 5.69 Å². The Bertz CT molecular complexity index is 537. The highest BCUT2D eigenvalue weighted by Gasteiger charge is 2.19. The molecule has 7 heteroatoms. The van der Waals surface area contributed by atoms with Crippen LogP contribution in [0, 0.1) is 24.0 Å². The molecule has 1 rings (SSSR count). The monoisotopic (exact) mass is 244 g/mol. The second-order valence-electron chi connectivity index (χ2n) is 3.53. The van der Waals surface area contributed by atoms with Crippen molar-refractivity contribution >= 4 is 21.4 Å². The average Bonchev–Trinajstić information content (AvgIpc) is 2.10. The van der Waals surface area contributed by atoms with E-state index in [2.05, 4.69) is 4.72 Å². The van der Waals surface area contributed by atoms with Gasteiger partial charge in [-0.05, 0) is 25.0 Å². The molecule has 0 unspecified atom stereocenters. The fraction of sp³-hybridized carbons (Fsp3) is 0.333. The molecule has 0 amide bonds. The minimum atomic E-state index is -3.53. The second kappa shape index (κ2) is 4.09. The molecular weight excluding hydrogens is 232 g/mol. The zero-order valence-electron chi connectivity index (χ0n) is 9.14. The van der Waals surface area contributed by atoms with Crippen LogP contribution in [-0.4, -0.2) is 19.6 Å². The highest BCUT2D eigenvalue weighted by atomic mass is 32.2. The van der Waals surface area contributed by atoms with Gasteiger partial charge in [-0.1, -0.05) is 6.07 Å². The fourth-order valence-electron chi connectivity index (χ4n) is 1.27. The zero-order valence-corrected chi connectivity index (χ0v) is 9.96. The molecule has 88 valence electrons. The third-order valence-electron chi connectivity index (χ3n) is 2.20. The van der Waals surface area contributed by atoms with Crippen molar-refractivity contribution in [2.75, 3.05) is 11.0 Å². The van der Waals surface area contributed by atoms with E-state index in [0.29, 0.717) is 5.56 Å². The minimum absolute atomic E-state index is 0.0347. The van der Waals surface area contributed by atoms with Crippen molar-refractivity contribution in [3.05, 3.63) is 33.4 Å². The predicted molar refractivity (Wildman–Crippen MR) is 61.0 cm³/mol. The summed E-state index contributed by atoms with van der Waals surface area (Å²) in [6.45, 7) is 3.39. The summed E-state index contributed by atoms with van der Waals surface area (Å²) in [7, 11) is -3.53. The molecule has 0 bridgehead atoms. The lowest BCUT2D eigenvalue weighted by Crippen LogP contribution is -2.12. The van der Waals surface area contributed by atoms with Crippen molar-refractivity contribution in [3.63, 3.8) is 0 Å². The Morgan fingerprint density at radius 1 is 1.31 bits per heavy atom. The molecule has 0 aliphatic rings. The van der Waals surface area contributed by atoms with E-state index in [-0.39, 0.29) is 11.4 Å². The number of hydrogen-bond acceptors (Lipinski definition) is 4. The predicted octanol–water partition coefficient (Wildman–Crippen LogP) is 1.58. The number of aryl methyl sites for hydroxylation is 1. The van der Waals surface area contributed by atoms with Gasteiger partial charge < -0.3 is 0 Å². The van der Waals surface area contributed by atoms with E-state index in [1.807, 2.05) is 0 Å². The normalized spacial score (nSPS) is 11.2. The maximum absolute atomic E-state index is 11.1. The van der Waals surface area contributed by atoms with Gasteiger partial charge in [0.2, 0.25) is 10.0 Å². The Labute approximate surface area is 93.5 Å². The van der Waals surface area contributed by atoms with Gasteiger partial charge in [-0.25, -0.2) is 8.42 Å². The van der Waals surface area contributed by atoms with Crippen LogP contribution in [0.2, 0.25) is 0 Å². The van der Waals surface area contributed by atoms with Crippen LogP contribution < -0.4 is 4.72 Å². The molecular formula is C9H12N2O4S. The summed E-state index contributed by atoms with van der Waals surface area (Å²) >= 11 is 0. The number of nitrogens with one attached hydrogen (secondary N) is 1. The largest absolute Gasteiger partial charge is 0.293 e. The quantitative estimate of drug-likeness (QED) is 0.645. The second-order valence-corrected chi connectivity index (χ2v) is 5.28. The molecule has 16 heavy (non-hydrogen) atoms. The molecule has 6 nitrogen and oxygen atoms in total. The SMILES string of the molecule is Cc1ccc([N+](=O)[O-])c(NS(C)(=O)=O)c1C. The minimum Gasteiger partial charge on any atom is -0.277 e. The van der Waals surface area contributed by atoms with Crippen LogP contribution >= 0.6 is 0 Å². The maximum atomic E-state index is 11.1. The van der Waals surface area contributed by atoms with E-state index in [9.17, 15) is 18.5 Å². The lowest BCUT2D eigenvalue weighted by molar-refractivity contribution is -0.383. The van der Waals surface area contributed by atoms with Gasteiger partial charge in [0, 0.05) is 6.07 Å². The van der Waals surface area contributed by atoms with Crippen LogP contribution in [0.4, 0.5) is 11.4 Å². The van der Waals surface area contributed by atoms with E-state index in [0.717, 1.165) is 11.8 Å². The van der Waals surface area contributed by atoms with Gasteiger partial charge in [-0.2, -0.15) is 0 Å². The van der Waals surface area contributed by atoms with E-state index < -0.39 is 14.9 Å². The Morgan fingerprint density at radius 3 is 2.31 bits per heavy atom. The van der Waals surface area contributed by atoms with E-state index in [1.165, 1.54) is 6.07 Å². The van der Waals surface area contributed by atoms with Gasteiger partial charge >= 0.3 is 0 Å². The lowest BCUT2D eigenvalue weighted by Gasteiger charge is -2.10. The summed E-state index contributed by atoms with van der Waals surface area (Å²) in [5.41, 5.74) is 1.14. The average molecular weight is 244 g/mol. The third-order valence-corrected chi connectivity index (χ3v) is 2.77. The van der Waals surface area contributed by atoms with Crippen molar-refractivity contribution in [2.45, 2.75) is 13.8 Å². The first-order valence-corrected chi connectivity index (χ1v) is 6.34. The number of benzene rings is 1. The van der Waals surface area contributed by atoms with Crippen LogP contribution in [0.5, 0.6) is 0 Å². The van der Waals surface area contributed by atoms with Crippen molar-refractivity contribution in [2.24, 2.45) is 0 Å². The van der Waals surface area contributed by atoms with Crippen LogP contribution in [0.15, 0.2) is 12.1 Å². The first-order chi connectivity index (χ1) is 7.22. The molecule has 0 saturated carbocycles. The summed E-state index contributed by atoms with van der Waals surface area (Å²) in [5.74, 6) is 0. The van der Waals surface area contributed by atoms with Crippen molar-refractivity contribution in [1.82, 2.24) is 0 Å². The molecule has 0 saturated heterocycles. The number of nitro benzene ring substituents is 1. The Kier molecular flexibility index (Phi) is 3.18. The summed E-state index contributed by atoms with van der Waals surface area (Å²) in [6.07, 6.45) is 0.957. The molecule has 0 aliphatic heterocycles. The zero-order chi connectivity index (χ0) is 12.5. The molecule has 1 aromatic carbocycles. The number of anilines is 1. The highest BCUT2D eigenvalue weighted by Crippen LogP contribution is 2.30. The van der Waals surface area contributed by atoms with Crippen LogP contribution in [-0.2, 0) is 10.0 Å². The van der Waals surface area contributed by atoms with Crippen molar-refractivity contribution in [1.29, 1.82) is 0 Å². The summed E-state index contributed by atoms with van der Waals surface area (Å²) in [5, 5.41) is 10.7. The molecule has 0 radical (unpaired) electrons. The molecule has 0 fully saturated rings. The number of nitrogens with zero attached hydrogens (tertiary/aromatic N) is 1. The lowest BCUT2D eigenvalue weighted by atomic mass is 10.1. The highest BCUT2D eigenvalue weighted by molar-refractivity contribution is 7.92. The van der Waals surface area contributed by atoms with E-state index >= 15 is 0 Å². The van der Waals surface area contributed by atoms with E-state index in [1.54, 1.807) is 19.9 Å². The third kappa shape index (κ3) is 2.69. The molecule has 0 spiro atoms. The smallest absolute Gasteiger partial charge is 0.277 e. The van der Waals surface area contributed by atoms with Gasteiger partial charge in [-0.3, -0.25) is 14.8 Å². The van der Waals surface area contributed by atoms with Gasteiger partial charge in [0.1, 0.15) is 5.69 Å². The van der Waals surface area contributed by atoms with Crippen LogP contribution in [0.25, 0.3) is 0 Å². The molecule has 0 aromatic heterocycles. The van der Waals surface area contributed by atoms with Gasteiger partial charge in [-0.15, -0.1) is 0 Å². The Balaban J connectivity index is 3.44. The van der Waals surface area contributed by atoms with Crippen LogP contribution in [0.3, 0.4) is 0 Å².